The zero-order valence-electron chi connectivity index (χ0n) is 15.8. The molecule has 2 aromatic rings. The second-order valence-corrected chi connectivity index (χ2v) is 8.07. The van der Waals surface area contributed by atoms with Gasteiger partial charge < -0.3 is 15.1 Å². The quantitative estimate of drug-likeness (QED) is 0.682. The third-order valence-electron chi connectivity index (χ3n) is 5.33. The number of quaternary nitrogens is 2. The maximum Gasteiger partial charge on any atom is 0.282 e. The van der Waals surface area contributed by atoms with Gasteiger partial charge >= 0.3 is 0 Å². The summed E-state index contributed by atoms with van der Waals surface area (Å²) in [4.78, 5) is 15.4. The van der Waals surface area contributed by atoms with Gasteiger partial charge in [-0.1, -0.05) is 35.3 Å². The number of benzene rings is 2. The van der Waals surface area contributed by atoms with Crippen LogP contribution in [0.15, 0.2) is 42.5 Å². The molecule has 3 N–H and O–H groups in total. The number of rotatable bonds is 5. The highest BCUT2D eigenvalue weighted by atomic mass is 35.5. The van der Waals surface area contributed by atoms with Gasteiger partial charge in [0, 0.05) is 10.6 Å². The Morgan fingerprint density at radius 3 is 2.43 bits per heavy atom. The maximum atomic E-state index is 12.6. The van der Waals surface area contributed by atoms with Gasteiger partial charge in [-0.05, 0) is 37.3 Å². The lowest BCUT2D eigenvalue weighted by atomic mass is 10.1. The van der Waals surface area contributed by atoms with Crippen LogP contribution < -0.4 is 15.1 Å². The van der Waals surface area contributed by atoms with Crippen molar-refractivity contribution in [3.8, 4) is 6.07 Å². The van der Waals surface area contributed by atoms with E-state index in [-0.39, 0.29) is 11.9 Å². The SMILES string of the molecule is C[C@@H](C(=O)Nc1ccc(Cl)cc1Cl)[NH+]1CC[NH+](Cc2ccc(C#N)cc2)CC1. The number of nitriles is 1. The van der Waals surface area contributed by atoms with E-state index < -0.39 is 0 Å². The van der Waals surface area contributed by atoms with E-state index in [2.05, 4.69) is 11.4 Å². The first-order valence-corrected chi connectivity index (χ1v) is 10.1. The van der Waals surface area contributed by atoms with Crippen molar-refractivity contribution in [3.05, 3.63) is 63.6 Å². The van der Waals surface area contributed by atoms with Gasteiger partial charge in [0.05, 0.1) is 22.3 Å². The molecule has 0 saturated carbocycles. The molecule has 1 heterocycles. The van der Waals surface area contributed by atoms with E-state index in [0.29, 0.717) is 21.3 Å². The smallest absolute Gasteiger partial charge is 0.282 e. The summed E-state index contributed by atoms with van der Waals surface area (Å²) in [6.07, 6.45) is 0. The molecule has 28 heavy (non-hydrogen) atoms. The van der Waals surface area contributed by atoms with E-state index in [9.17, 15) is 4.79 Å². The molecule has 1 fully saturated rings. The standard InChI is InChI=1S/C21H22Cl2N4O/c1-15(21(28)25-20-7-6-18(22)12-19(20)23)27-10-8-26(9-11-27)14-17-4-2-16(13-24)3-5-17/h2-7,12,15H,8-11,14H2,1H3,(H,25,28)/p+2/t15-/m0/s1. The lowest BCUT2D eigenvalue weighted by molar-refractivity contribution is -1.02. The molecule has 7 heteroatoms. The molecule has 1 aliphatic rings. The van der Waals surface area contributed by atoms with Crippen molar-refractivity contribution in [2.24, 2.45) is 0 Å². The average molecular weight is 419 g/mol. The van der Waals surface area contributed by atoms with Crippen LogP contribution in [0.4, 0.5) is 5.69 Å². The third-order valence-corrected chi connectivity index (χ3v) is 5.88. The summed E-state index contributed by atoms with van der Waals surface area (Å²) in [5, 5.41) is 12.8. The predicted octanol–water partition coefficient (Wildman–Crippen LogP) is 1.18. The van der Waals surface area contributed by atoms with Crippen molar-refractivity contribution < 1.29 is 14.6 Å². The van der Waals surface area contributed by atoms with Gasteiger partial charge in [0.25, 0.3) is 5.91 Å². The highest BCUT2D eigenvalue weighted by Crippen LogP contribution is 2.25. The van der Waals surface area contributed by atoms with Crippen molar-refractivity contribution in [1.29, 1.82) is 5.26 Å². The highest BCUT2D eigenvalue weighted by Gasteiger charge is 2.31. The van der Waals surface area contributed by atoms with Gasteiger partial charge in [0.2, 0.25) is 0 Å². The van der Waals surface area contributed by atoms with E-state index in [1.807, 2.05) is 31.2 Å². The van der Waals surface area contributed by atoms with E-state index in [1.165, 1.54) is 15.4 Å². The number of hydrogen-bond donors (Lipinski definition) is 3. The molecule has 3 rings (SSSR count). The second-order valence-electron chi connectivity index (χ2n) is 7.23. The Labute approximate surface area is 175 Å². The summed E-state index contributed by atoms with van der Waals surface area (Å²) >= 11 is 12.1. The normalized spacial score (nSPS) is 20.2. The van der Waals surface area contributed by atoms with Crippen molar-refractivity contribution in [2.75, 3.05) is 31.5 Å². The average Bonchev–Trinajstić information content (AvgIpc) is 2.70. The number of halogens is 2. The van der Waals surface area contributed by atoms with Gasteiger partial charge in [0.15, 0.2) is 6.04 Å². The molecular weight excluding hydrogens is 395 g/mol. The number of amides is 1. The molecule has 0 aromatic heterocycles. The van der Waals surface area contributed by atoms with Gasteiger partial charge in [-0.2, -0.15) is 5.26 Å². The number of nitrogens with one attached hydrogen (secondary N) is 3. The van der Waals surface area contributed by atoms with Crippen LogP contribution in [-0.4, -0.2) is 38.1 Å². The Morgan fingerprint density at radius 2 is 1.82 bits per heavy atom. The molecule has 0 aliphatic carbocycles. The zero-order valence-corrected chi connectivity index (χ0v) is 17.3. The Bertz CT molecular complexity index is 871. The number of hydrogen-bond acceptors (Lipinski definition) is 2. The van der Waals surface area contributed by atoms with Crippen LogP contribution >= 0.6 is 23.2 Å². The van der Waals surface area contributed by atoms with Crippen LogP contribution in [0.5, 0.6) is 0 Å². The molecule has 0 bridgehead atoms. The predicted molar refractivity (Wildman–Crippen MR) is 111 cm³/mol. The van der Waals surface area contributed by atoms with Crippen LogP contribution in [0.2, 0.25) is 10.0 Å². The number of piperazine rings is 1. The fraction of sp³-hybridized carbons (Fsp3) is 0.333. The molecule has 146 valence electrons. The fourth-order valence-electron chi connectivity index (χ4n) is 3.54. The van der Waals surface area contributed by atoms with Crippen molar-refractivity contribution in [2.45, 2.75) is 19.5 Å². The Kier molecular flexibility index (Phi) is 6.93. The number of carbonyl (C=O) groups is 1. The molecule has 2 aromatic carbocycles. The number of nitrogens with zero attached hydrogens (tertiary/aromatic N) is 1. The van der Waals surface area contributed by atoms with Crippen molar-refractivity contribution in [1.82, 2.24) is 0 Å². The number of anilines is 1. The van der Waals surface area contributed by atoms with E-state index in [0.717, 1.165) is 32.7 Å². The molecule has 0 spiro atoms. The molecule has 0 radical (unpaired) electrons. The van der Waals surface area contributed by atoms with E-state index in [4.69, 9.17) is 28.5 Å². The van der Waals surface area contributed by atoms with Gasteiger partial charge in [0.1, 0.15) is 32.7 Å². The van der Waals surface area contributed by atoms with Gasteiger partial charge in [-0.3, -0.25) is 4.79 Å². The first-order valence-electron chi connectivity index (χ1n) is 9.39. The Balaban J connectivity index is 1.50. The lowest BCUT2D eigenvalue weighted by Crippen LogP contribution is -3.29. The van der Waals surface area contributed by atoms with E-state index >= 15 is 0 Å². The minimum Gasteiger partial charge on any atom is -0.322 e. The Morgan fingerprint density at radius 1 is 1.14 bits per heavy atom. The number of carbonyl (C=O) groups excluding carboxylic acids is 1. The Hall–Kier alpha value is -2.10. The second kappa shape index (κ2) is 9.40. The van der Waals surface area contributed by atoms with Crippen LogP contribution in [0, 0.1) is 11.3 Å². The molecule has 1 aliphatic heterocycles. The van der Waals surface area contributed by atoms with Crippen LogP contribution in [0.25, 0.3) is 0 Å². The maximum absolute atomic E-state index is 12.6. The summed E-state index contributed by atoms with van der Waals surface area (Å²) in [5.41, 5.74) is 2.52. The first kappa shape index (κ1) is 20.6. The molecule has 0 unspecified atom stereocenters. The molecular formula is C21H24Cl2N4O+2. The first-order chi connectivity index (χ1) is 13.5. The summed E-state index contributed by atoms with van der Waals surface area (Å²) in [6.45, 7) is 6.80. The highest BCUT2D eigenvalue weighted by molar-refractivity contribution is 6.36. The zero-order chi connectivity index (χ0) is 20.1. The summed E-state index contributed by atoms with van der Waals surface area (Å²) in [5.74, 6) is -0.0326. The topological polar surface area (TPSA) is 61.8 Å². The fourth-order valence-corrected chi connectivity index (χ4v) is 3.99. The van der Waals surface area contributed by atoms with Gasteiger partial charge in [-0.15, -0.1) is 0 Å². The molecule has 5 nitrogen and oxygen atoms in total. The molecule has 1 atom stereocenters. The van der Waals surface area contributed by atoms with E-state index in [1.54, 1.807) is 18.2 Å². The van der Waals surface area contributed by atoms with Gasteiger partial charge in [-0.25, -0.2) is 0 Å². The summed E-state index contributed by atoms with van der Waals surface area (Å²) < 4.78 is 0. The molecule has 1 saturated heterocycles. The van der Waals surface area contributed by atoms with Crippen LogP contribution in [-0.2, 0) is 11.3 Å². The monoisotopic (exact) mass is 418 g/mol. The minimum absolute atomic E-state index is 0.0326. The van der Waals surface area contributed by atoms with Crippen molar-refractivity contribution >= 4 is 34.8 Å². The minimum atomic E-state index is -0.150. The van der Waals surface area contributed by atoms with Crippen LogP contribution in [0.1, 0.15) is 18.1 Å². The van der Waals surface area contributed by atoms with Crippen molar-refractivity contribution in [3.63, 3.8) is 0 Å². The summed E-state index contributed by atoms with van der Waals surface area (Å²) in [7, 11) is 0. The van der Waals surface area contributed by atoms with Crippen LogP contribution in [0.3, 0.4) is 0 Å². The molecule has 1 amide bonds. The lowest BCUT2D eigenvalue weighted by Gasteiger charge is -2.32. The third kappa shape index (κ3) is 5.24. The largest absolute Gasteiger partial charge is 0.322 e. The summed E-state index contributed by atoms with van der Waals surface area (Å²) in [6, 6.07) is 14.8.